The van der Waals surface area contributed by atoms with Gasteiger partial charge >= 0.3 is 0 Å². The fourth-order valence-electron chi connectivity index (χ4n) is 1.46. The molecule has 0 saturated carbocycles. The maximum absolute atomic E-state index is 11.8. The second-order valence-electron chi connectivity index (χ2n) is 4.23. The van der Waals surface area contributed by atoms with Gasteiger partial charge in [-0.25, -0.2) is 12.7 Å². The fraction of sp³-hybridized carbons (Fsp3) is 0.500. The number of nitrogens with zero attached hydrogens (tertiary/aromatic N) is 1. The van der Waals surface area contributed by atoms with E-state index in [1.807, 2.05) is 0 Å². The summed E-state index contributed by atoms with van der Waals surface area (Å²) in [5.41, 5.74) is 6.33. The maximum atomic E-state index is 11.8. The Balaban J connectivity index is 2.63. The highest BCUT2D eigenvalue weighted by molar-refractivity contribution is 7.89. The number of benzene rings is 1. The highest BCUT2D eigenvalue weighted by Gasteiger charge is 2.16. The number of unbranched alkanes of at least 4 members (excludes halogenated alkanes) is 1. The van der Waals surface area contributed by atoms with Crippen molar-refractivity contribution in [2.24, 2.45) is 5.73 Å². The molecule has 0 radical (unpaired) electrons. The normalized spacial score (nSPS) is 11.8. The highest BCUT2D eigenvalue weighted by Crippen LogP contribution is 2.16. The third-order valence-electron chi connectivity index (χ3n) is 2.59. The number of hydrogen-bond donors (Lipinski definition) is 2. The van der Waals surface area contributed by atoms with Gasteiger partial charge in [0.15, 0.2) is 0 Å². The van der Waals surface area contributed by atoms with Crippen molar-refractivity contribution >= 4 is 15.7 Å². The molecule has 3 N–H and O–H groups in total. The number of rotatable bonds is 7. The Bertz CT molecular complexity index is 455. The Labute approximate surface area is 109 Å². The van der Waals surface area contributed by atoms with Crippen molar-refractivity contribution < 1.29 is 8.42 Å². The van der Waals surface area contributed by atoms with Crippen LogP contribution < -0.4 is 11.1 Å². The van der Waals surface area contributed by atoms with E-state index in [1.165, 1.54) is 18.4 Å². The number of sulfonamides is 1. The molecular formula is C12H21N3O2S. The van der Waals surface area contributed by atoms with Crippen LogP contribution >= 0.6 is 0 Å². The SMILES string of the molecule is CN(C)S(=O)(=O)c1ccc(NCCCCN)cc1. The second kappa shape index (κ2) is 6.72. The van der Waals surface area contributed by atoms with E-state index in [9.17, 15) is 8.42 Å². The van der Waals surface area contributed by atoms with Crippen molar-refractivity contribution in [1.82, 2.24) is 4.31 Å². The molecule has 1 rings (SSSR count). The second-order valence-corrected chi connectivity index (χ2v) is 6.39. The predicted molar refractivity (Wildman–Crippen MR) is 74.1 cm³/mol. The summed E-state index contributed by atoms with van der Waals surface area (Å²) in [6, 6.07) is 6.78. The Kier molecular flexibility index (Phi) is 5.58. The van der Waals surface area contributed by atoms with Crippen LogP contribution in [0, 0.1) is 0 Å². The Morgan fingerprint density at radius 3 is 2.28 bits per heavy atom. The molecule has 0 spiro atoms. The summed E-state index contributed by atoms with van der Waals surface area (Å²) in [4.78, 5) is 0.306. The van der Waals surface area contributed by atoms with E-state index >= 15 is 0 Å². The van der Waals surface area contributed by atoms with Crippen molar-refractivity contribution in [2.45, 2.75) is 17.7 Å². The summed E-state index contributed by atoms with van der Waals surface area (Å²) in [6.45, 7) is 1.54. The van der Waals surface area contributed by atoms with E-state index < -0.39 is 10.0 Å². The summed E-state index contributed by atoms with van der Waals surface area (Å²) >= 11 is 0. The molecule has 0 aliphatic carbocycles. The fourth-order valence-corrected chi connectivity index (χ4v) is 2.36. The van der Waals surface area contributed by atoms with Crippen LogP contribution in [0.3, 0.4) is 0 Å². The largest absolute Gasteiger partial charge is 0.385 e. The minimum Gasteiger partial charge on any atom is -0.385 e. The highest BCUT2D eigenvalue weighted by atomic mass is 32.2. The Hall–Kier alpha value is -1.11. The molecule has 5 nitrogen and oxygen atoms in total. The number of anilines is 1. The molecule has 0 bridgehead atoms. The van der Waals surface area contributed by atoms with Gasteiger partial charge in [-0.15, -0.1) is 0 Å². The van der Waals surface area contributed by atoms with Crippen LogP contribution in [0.15, 0.2) is 29.2 Å². The lowest BCUT2D eigenvalue weighted by Gasteiger charge is -2.12. The van der Waals surface area contributed by atoms with Gasteiger partial charge in [0.1, 0.15) is 0 Å². The molecule has 0 atom stereocenters. The molecule has 0 aliphatic rings. The molecule has 6 heteroatoms. The average molecular weight is 271 g/mol. The third-order valence-corrected chi connectivity index (χ3v) is 4.42. The first-order valence-corrected chi connectivity index (χ1v) is 7.39. The van der Waals surface area contributed by atoms with Gasteiger partial charge < -0.3 is 11.1 Å². The predicted octanol–water partition coefficient (Wildman–Crippen LogP) is 1.09. The van der Waals surface area contributed by atoms with E-state index in [-0.39, 0.29) is 0 Å². The van der Waals surface area contributed by atoms with Gasteiger partial charge in [-0.2, -0.15) is 0 Å². The molecule has 1 aromatic carbocycles. The van der Waals surface area contributed by atoms with E-state index in [1.54, 1.807) is 24.3 Å². The first kappa shape index (κ1) is 14.9. The lowest BCUT2D eigenvalue weighted by atomic mass is 10.3. The Morgan fingerprint density at radius 1 is 1.17 bits per heavy atom. The number of hydrogen-bond acceptors (Lipinski definition) is 4. The smallest absolute Gasteiger partial charge is 0.242 e. The first-order chi connectivity index (χ1) is 8.48. The van der Waals surface area contributed by atoms with Crippen molar-refractivity contribution in [3.05, 3.63) is 24.3 Å². The molecule has 0 fully saturated rings. The molecule has 0 unspecified atom stereocenters. The first-order valence-electron chi connectivity index (χ1n) is 5.95. The van der Waals surface area contributed by atoms with Crippen molar-refractivity contribution in [2.75, 3.05) is 32.5 Å². The summed E-state index contributed by atoms with van der Waals surface area (Å²) in [5.74, 6) is 0. The van der Waals surface area contributed by atoms with Crippen molar-refractivity contribution in [3.63, 3.8) is 0 Å². The van der Waals surface area contributed by atoms with Crippen LogP contribution in [-0.4, -0.2) is 39.9 Å². The van der Waals surface area contributed by atoms with Gasteiger partial charge in [-0.1, -0.05) is 0 Å². The molecule has 0 aromatic heterocycles. The summed E-state index contributed by atoms with van der Waals surface area (Å²) in [7, 11) is -0.289. The quantitative estimate of drug-likeness (QED) is 0.728. The van der Waals surface area contributed by atoms with E-state index in [4.69, 9.17) is 5.73 Å². The zero-order valence-corrected chi connectivity index (χ0v) is 11.7. The molecule has 0 aliphatic heterocycles. The van der Waals surface area contributed by atoms with Gasteiger partial charge in [-0.05, 0) is 43.7 Å². The van der Waals surface area contributed by atoms with Crippen molar-refractivity contribution in [1.29, 1.82) is 0 Å². The lowest BCUT2D eigenvalue weighted by Crippen LogP contribution is -2.22. The molecule has 18 heavy (non-hydrogen) atoms. The number of nitrogens with two attached hydrogens (primary N) is 1. The maximum Gasteiger partial charge on any atom is 0.242 e. The minimum atomic E-state index is -3.33. The van der Waals surface area contributed by atoms with Gasteiger partial charge in [0, 0.05) is 26.3 Å². The summed E-state index contributed by atoms with van der Waals surface area (Å²) < 4.78 is 24.9. The molecular weight excluding hydrogens is 250 g/mol. The van der Waals surface area contributed by atoms with E-state index in [0.29, 0.717) is 11.4 Å². The molecule has 102 valence electrons. The standard InChI is InChI=1S/C12H21N3O2S/c1-15(2)18(16,17)12-7-5-11(6-8-12)14-10-4-3-9-13/h5-8,14H,3-4,9-10,13H2,1-2H3. The van der Waals surface area contributed by atoms with Gasteiger partial charge in [0.05, 0.1) is 4.90 Å². The van der Waals surface area contributed by atoms with Crippen LogP contribution in [0.1, 0.15) is 12.8 Å². The van der Waals surface area contributed by atoms with Gasteiger partial charge in [-0.3, -0.25) is 0 Å². The van der Waals surface area contributed by atoms with Crippen LogP contribution in [0.2, 0.25) is 0 Å². The molecule has 0 amide bonds. The molecule has 0 heterocycles. The third kappa shape index (κ3) is 3.97. The van der Waals surface area contributed by atoms with E-state index in [0.717, 1.165) is 25.1 Å². The van der Waals surface area contributed by atoms with Crippen LogP contribution in [0.25, 0.3) is 0 Å². The number of nitrogens with one attached hydrogen (secondary N) is 1. The monoisotopic (exact) mass is 271 g/mol. The zero-order valence-electron chi connectivity index (χ0n) is 10.9. The lowest BCUT2D eigenvalue weighted by molar-refractivity contribution is 0.521. The summed E-state index contributed by atoms with van der Waals surface area (Å²) in [5, 5.41) is 3.22. The molecule has 0 saturated heterocycles. The summed E-state index contributed by atoms with van der Waals surface area (Å²) in [6.07, 6.45) is 1.99. The van der Waals surface area contributed by atoms with Gasteiger partial charge in [0.25, 0.3) is 0 Å². The zero-order chi connectivity index (χ0) is 13.6. The van der Waals surface area contributed by atoms with E-state index in [2.05, 4.69) is 5.32 Å². The minimum absolute atomic E-state index is 0.306. The average Bonchev–Trinajstić information content (AvgIpc) is 2.35. The Morgan fingerprint density at radius 2 is 1.78 bits per heavy atom. The van der Waals surface area contributed by atoms with Crippen LogP contribution in [-0.2, 0) is 10.0 Å². The van der Waals surface area contributed by atoms with Crippen molar-refractivity contribution in [3.8, 4) is 0 Å². The van der Waals surface area contributed by atoms with Crippen LogP contribution in [0.5, 0.6) is 0 Å². The van der Waals surface area contributed by atoms with Gasteiger partial charge in [0.2, 0.25) is 10.0 Å². The van der Waals surface area contributed by atoms with Crippen LogP contribution in [0.4, 0.5) is 5.69 Å². The topological polar surface area (TPSA) is 75.4 Å². The molecule has 1 aromatic rings.